The Hall–Kier alpha value is -1.59. The third-order valence-corrected chi connectivity index (χ3v) is 2.30. The molecule has 0 aliphatic rings. The van der Waals surface area contributed by atoms with E-state index in [2.05, 4.69) is 11.9 Å². The topological polar surface area (TPSA) is 72.2 Å². The number of hydrogen-bond acceptors (Lipinski definition) is 3. The molecule has 7 heteroatoms. The van der Waals surface area contributed by atoms with Gasteiger partial charge in [0.25, 0.3) is 11.6 Å². The minimum absolute atomic E-state index is 0.0110. The van der Waals surface area contributed by atoms with Crippen molar-refractivity contribution in [3.63, 3.8) is 0 Å². The molecule has 0 unspecified atom stereocenters. The standard InChI is InChI=1S/C10H8Cl2N2O3/c1-6(11)5-13-10(15)8-3-2-7(14(16)17)4-9(8)12/h2-4H,1,5H2,(H,13,15). The number of nitrogens with zero attached hydrogens (tertiary/aromatic N) is 1. The summed E-state index contributed by atoms with van der Waals surface area (Å²) in [6.45, 7) is 3.51. The monoisotopic (exact) mass is 274 g/mol. The molecule has 17 heavy (non-hydrogen) atoms. The highest BCUT2D eigenvalue weighted by Crippen LogP contribution is 2.22. The van der Waals surface area contributed by atoms with E-state index in [0.717, 1.165) is 6.07 Å². The average Bonchev–Trinajstić information content (AvgIpc) is 2.25. The SMILES string of the molecule is C=C(Cl)CNC(=O)c1ccc([N+](=O)[O-])cc1Cl. The van der Waals surface area contributed by atoms with Gasteiger partial charge in [-0.1, -0.05) is 29.8 Å². The Morgan fingerprint density at radius 3 is 2.65 bits per heavy atom. The number of benzene rings is 1. The first kappa shape index (κ1) is 13.5. The molecule has 0 aromatic heterocycles. The first-order chi connectivity index (χ1) is 7.91. The maximum Gasteiger partial charge on any atom is 0.270 e. The molecule has 0 radical (unpaired) electrons. The number of halogens is 2. The summed E-state index contributed by atoms with van der Waals surface area (Å²) in [5, 5.41) is 13.2. The van der Waals surface area contributed by atoms with Gasteiger partial charge in [0.2, 0.25) is 0 Å². The Morgan fingerprint density at radius 1 is 1.53 bits per heavy atom. The van der Waals surface area contributed by atoms with Crippen molar-refractivity contribution in [1.82, 2.24) is 5.32 Å². The maximum absolute atomic E-state index is 11.6. The number of nitro groups is 1. The van der Waals surface area contributed by atoms with Crippen LogP contribution in [0.3, 0.4) is 0 Å². The molecular weight excluding hydrogens is 267 g/mol. The van der Waals surface area contributed by atoms with Crippen LogP contribution >= 0.6 is 23.2 Å². The normalized spacial score (nSPS) is 9.76. The van der Waals surface area contributed by atoms with Crippen molar-refractivity contribution in [2.24, 2.45) is 0 Å². The van der Waals surface area contributed by atoms with Gasteiger partial charge in [-0.3, -0.25) is 14.9 Å². The van der Waals surface area contributed by atoms with E-state index >= 15 is 0 Å². The second-order valence-corrected chi connectivity index (χ2v) is 4.06. The summed E-state index contributed by atoms with van der Waals surface area (Å²) >= 11 is 11.2. The number of nitro benzene ring substituents is 1. The molecule has 0 bridgehead atoms. The number of rotatable bonds is 4. The Bertz CT molecular complexity index is 488. The molecule has 0 heterocycles. The van der Waals surface area contributed by atoms with Crippen LogP contribution in [-0.4, -0.2) is 17.4 Å². The summed E-state index contributed by atoms with van der Waals surface area (Å²) in [5.41, 5.74) is -0.0245. The van der Waals surface area contributed by atoms with Gasteiger partial charge in [0, 0.05) is 17.2 Å². The first-order valence-electron chi connectivity index (χ1n) is 4.47. The summed E-state index contributed by atoms with van der Waals surface area (Å²) in [7, 11) is 0. The van der Waals surface area contributed by atoms with Gasteiger partial charge in [-0.2, -0.15) is 0 Å². The van der Waals surface area contributed by atoms with E-state index in [1.807, 2.05) is 0 Å². The smallest absolute Gasteiger partial charge is 0.270 e. The van der Waals surface area contributed by atoms with Crippen molar-refractivity contribution in [3.8, 4) is 0 Å². The van der Waals surface area contributed by atoms with Crippen molar-refractivity contribution in [3.05, 3.63) is 50.5 Å². The second-order valence-electron chi connectivity index (χ2n) is 3.12. The third kappa shape index (κ3) is 3.72. The number of hydrogen-bond donors (Lipinski definition) is 1. The zero-order chi connectivity index (χ0) is 13.0. The van der Waals surface area contributed by atoms with Gasteiger partial charge in [-0.15, -0.1) is 0 Å². The lowest BCUT2D eigenvalue weighted by molar-refractivity contribution is -0.384. The van der Waals surface area contributed by atoms with Crippen LogP contribution in [0.2, 0.25) is 5.02 Å². The van der Waals surface area contributed by atoms with Gasteiger partial charge in [0.15, 0.2) is 0 Å². The molecule has 0 aliphatic carbocycles. The molecule has 0 saturated heterocycles. The summed E-state index contributed by atoms with van der Waals surface area (Å²) in [5.74, 6) is -0.466. The van der Waals surface area contributed by atoms with Gasteiger partial charge in [0.05, 0.1) is 22.1 Å². The average molecular weight is 275 g/mol. The first-order valence-corrected chi connectivity index (χ1v) is 5.23. The second kappa shape index (κ2) is 5.65. The highest BCUT2D eigenvalue weighted by Gasteiger charge is 2.14. The number of carbonyl (C=O) groups is 1. The van der Waals surface area contributed by atoms with Crippen LogP contribution in [0.25, 0.3) is 0 Å². The number of nitrogens with one attached hydrogen (secondary N) is 1. The minimum atomic E-state index is -0.589. The number of amides is 1. The molecule has 1 aromatic rings. The van der Waals surface area contributed by atoms with E-state index in [9.17, 15) is 14.9 Å². The largest absolute Gasteiger partial charge is 0.347 e. The quantitative estimate of drug-likeness (QED) is 0.678. The molecule has 0 aliphatic heterocycles. The molecule has 1 aromatic carbocycles. The zero-order valence-electron chi connectivity index (χ0n) is 8.57. The molecule has 0 spiro atoms. The van der Waals surface area contributed by atoms with Gasteiger partial charge in [-0.05, 0) is 6.07 Å². The molecule has 0 saturated carbocycles. The fraction of sp³-hybridized carbons (Fsp3) is 0.100. The van der Waals surface area contributed by atoms with Crippen molar-refractivity contribution in [1.29, 1.82) is 0 Å². The Labute approximate surface area is 107 Å². The van der Waals surface area contributed by atoms with Crippen LogP contribution in [0, 0.1) is 10.1 Å². The van der Waals surface area contributed by atoms with E-state index < -0.39 is 10.8 Å². The lowest BCUT2D eigenvalue weighted by Gasteiger charge is -2.05. The van der Waals surface area contributed by atoms with Gasteiger partial charge in [0.1, 0.15) is 0 Å². The predicted octanol–water partition coefficient (Wildman–Crippen LogP) is 2.73. The minimum Gasteiger partial charge on any atom is -0.347 e. The van der Waals surface area contributed by atoms with E-state index in [4.69, 9.17) is 23.2 Å². The molecule has 90 valence electrons. The number of non-ortho nitro benzene ring substituents is 1. The van der Waals surface area contributed by atoms with Crippen LogP contribution < -0.4 is 5.32 Å². The van der Waals surface area contributed by atoms with Gasteiger partial charge in [-0.25, -0.2) is 0 Å². The highest BCUT2D eigenvalue weighted by molar-refractivity contribution is 6.34. The fourth-order valence-corrected chi connectivity index (χ4v) is 1.40. The molecule has 0 fully saturated rings. The Kier molecular flexibility index (Phi) is 4.48. The van der Waals surface area contributed by atoms with E-state index in [1.165, 1.54) is 12.1 Å². The summed E-state index contributed by atoms with van der Waals surface area (Å²) in [6, 6.07) is 3.61. The maximum atomic E-state index is 11.6. The predicted molar refractivity (Wildman–Crippen MR) is 65.4 cm³/mol. The highest BCUT2D eigenvalue weighted by atomic mass is 35.5. The Balaban J connectivity index is 2.88. The molecule has 0 atom stereocenters. The fourth-order valence-electron chi connectivity index (χ4n) is 1.07. The van der Waals surface area contributed by atoms with Gasteiger partial charge >= 0.3 is 0 Å². The number of carbonyl (C=O) groups excluding carboxylic acids is 1. The van der Waals surface area contributed by atoms with Gasteiger partial charge < -0.3 is 5.32 Å². The van der Waals surface area contributed by atoms with Crippen molar-refractivity contribution in [2.45, 2.75) is 0 Å². The lowest BCUT2D eigenvalue weighted by atomic mass is 10.2. The van der Waals surface area contributed by atoms with Crippen molar-refractivity contribution < 1.29 is 9.72 Å². The lowest BCUT2D eigenvalue weighted by Crippen LogP contribution is -2.24. The Morgan fingerprint density at radius 2 is 2.18 bits per heavy atom. The van der Waals surface area contributed by atoms with E-state index in [1.54, 1.807) is 0 Å². The summed E-state index contributed by atoms with van der Waals surface area (Å²) in [6.07, 6.45) is 0. The summed E-state index contributed by atoms with van der Waals surface area (Å²) in [4.78, 5) is 21.5. The summed E-state index contributed by atoms with van der Waals surface area (Å²) < 4.78 is 0. The van der Waals surface area contributed by atoms with E-state index in [0.29, 0.717) is 0 Å². The molecule has 5 nitrogen and oxygen atoms in total. The van der Waals surface area contributed by atoms with Crippen LogP contribution in [-0.2, 0) is 0 Å². The van der Waals surface area contributed by atoms with Crippen LogP contribution in [0.15, 0.2) is 29.8 Å². The van der Waals surface area contributed by atoms with Crippen molar-refractivity contribution in [2.75, 3.05) is 6.54 Å². The molecule has 1 amide bonds. The van der Waals surface area contributed by atoms with Crippen LogP contribution in [0.5, 0.6) is 0 Å². The molecule has 1 rings (SSSR count). The van der Waals surface area contributed by atoms with Crippen molar-refractivity contribution >= 4 is 34.8 Å². The van der Waals surface area contributed by atoms with Crippen LogP contribution in [0.4, 0.5) is 5.69 Å². The van der Waals surface area contributed by atoms with E-state index in [-0.39, 0.29) is 27.9 Å². The molecular formula is C10H8Cl2N2O3. The molecule has 1 N–H and O–H groups in total. The van der Waals surface area contributed by atoms with Crippen LogP contribution in [0.1, 0.15) is 10.4 Å². The third-order valence-electron chi connectivity index (χ3n) is 1.85. The zero-order valence-corrected chi connectivity index (χ0v) is 10.1.